The number of nitrogens with zero attached hydrogens (tertiary/aromatic N) is 3. The largest absolute Gasteiger partial charge is 0.307 e. The molecule has 2 aromatic heterocycles. The van der Waals surface area contributed by atoms with Gasteiger partial charge in [-0.3, -0.25) is 0 Å². The highest BCUT2D eigenvalue weighted by molar-refractivity contribution is 7.07. The van der Waals surface area contributed by atoms with Crippen LogP contribution in [0.15, 0.2) is 10.9 Å². The molecule has 1 aliphatic heterocycles. The lowest BCUT2D eigenvalue weighted by atomic mass is 10.1. The Labute approximate surface area is 103 Å². The summed E-state index contributed by atoms with van der Waals surface area (Å²) in [6, 6.07) is 0. The molecule has 0 radical (unpaired) electrons. The van der Waals surface area contributed by atoms with Crippen molar-refractivity contribution in [2.45, 2.75) is 31.8 Å². The molecule has 5 heteroatoms. The second-order valence-electron chi connectivity index (χ2n) is 4.61. The van der Waals surface area contributed by atoms with Crippen molar-refractivity contribution in [1.29, 1.82) is 0 Å². The van der Waals surface area contributed by atoms with Gasteiger partial charge in [-0.2, -0.15) is 0 Å². The zero-order valence-corrected chi connectivity index (χ0v) is 10.1. The number of fused-ring (bicyclic) bond motifs is 1. The predicted octanol–water partition coefficient (Wildman–Crippen LogP) is 2.08. The van der Waals surface area contributed by atoms with Crippen molar-refractivity contribution < 1.29 is 0 Å². The van der Waals surface area contributed by atoms with Crippen molar-refractivity contribution >= 4 is 11.3 Å². The van der Waals surface area contributed by atoms with Crippen LogP contribution in [-0.4, -0.2) is 15.0 Å². The molecule has 1 saturated carbocycles. The molecule has 0 spiro atoms. The van der Waals surface area contributed by atoms with E-state index in [0.717, 1.165) is 24.6 Å². The maximum Gasteiger partial charge on any atom is 0.179 e. The maximum atomic E-state index is 4.74. The van der Waals surface area contributed by atoms with Crippen LogP contribution in [0.4, 0.5) is 0 Å². The molecule has 0 amide bonds. The maximum absolute atomic E-state index is 4.74. The molecule has 4 rings (SSSR count). The second-order valence-corrected chi connectivity index (χ2v) is 5.33. The highest BCUT2D eigenvalue weighted by Gasteiger charge is 2.31. The van der Waals surface area contributed by atoms with E-state index in [9.17, 15) is 0 Å². The van der Waals surface area contributed by atoms with Gasteiger partial charge in [0.2, 0.25) is 0 Å². The Morgan fingerprint density at radius 3 is 2.94 bits per heavy atom. The first-order valence-electron chi connectivity index (χ1n) is 5.91. The van der Waals surface area contributed by atoms with Crippen molar-refractivity contribution in [3.63, 3.8) is 0 Å². The van der Waals surface area contributed by atoms with Crippen molar-refractivity contribution in [1.82, 2.24) is 20.3 Å². The highest BCUT2D eigenvalue weighted by atomic mass is 32.1. The Bertz CT molecular complexity index is 560. The lowest BCUT2D eigenvalue weighted by Crippen LogP contribution is -2.02. The summed E-state index contributed by atoms with van der Waals surface area (Å²) in [5, 5.41) is 5.38. The SMILES string of the molecule is c1nc(-c2nc3c(c(C4CC4)n2)CNC3)cs1. The molecule has 0 saturated heterocycles. The number of aromatic nitrogens is 3. The van der Waals surface area contributed by atoms with Crippen LogP contribution < -0.4 is 5.32 Å². The van der Waals surface area contributed by atoms with Crippen molar-refractivity contribution in [3.8, 4) is 11.5 Å². The minimum atomic E-state index is 0.670. The van der Waals surface area contributed by atoms with Crippen molar-refractivity contribution in [2.75, 3.05) is 0 Å². The Morgan fingerprint density at radius 1 is 1.24 bits per heavy atom. The van der Waals surface area contributed by atoms with E-state index < -0.39 is 0 Å². The standard InChI is InChI=1S/C12H12N4S/c1-2-7(1)11-8-3-13-4-9(8)15-12(16-11)10-5-17-6-14-10/h5-7,13H,1-4H2. The van der Waals surface area contributed by atoms with Crippen LogP contribution in [0.25, 0.3) is 11.5 Å². The van der Waals surface area contributed by atoms with Gasteiger partial charge in [0.15, 0.2) is 5.82 Å². The molecule has 0 atom stereocenters. The van der Waals surface area contributed by atoms with Gasteiger partial charge in [-0.15, -0.1) is 11.3 Å². The van der Waals surface area contributed by atoms with Crippen LogP contribution in [0, 0.1) is 0 Å². The lowest BCUT2D eigenvalue weighted by Gasteiger charge is -2.07. The van der Waals surface area contributed by atoms with E-state index >= 15 is 0 Å². The first-order valence-corrected chi connectivity index (χ1v) is 6.85. The van der Waals surface area contributed by atoms with Gasteiger partial charge in [0.05, 0.1) is 16.9 Å². The third kappa shape index (κ3) is 1.57. The number of thiazole rings is 1. The fraction of sp³-hybridized carbons (Fsp3) is 0.417. The fourth-order valence-corrected chi connectivity index (χ4v) is 2.86. The number of hydrogen-bond acceptors (Lipinski definition) is 5. The number of hydrogen-bond donors (Lipinski definition) is 1. The van der Waals surface area contributed by atoms with E-state index in [1.165, 1.54) is 29.8 Å². The molecule has 3 heterocycles. The van der Waals surface area contributed by atoms with E-state index in [0.29, 0.717) is 5.92 Å². The summed E-state index contributed by atoms with van der Waals surface area (Å²) in [6.45, 7) is 1.80. The molecule has 1 fully saturated rings. The van der Waals surface area contributed by atoms with E-state index in [1.807, 2.05) is 10.9 Å². The van der Waals surface area contributed by atoms with Crippen LogP contribution in [0.1, 0.15) is 35.7 Å². The molecule has 2 aliphatic rings. The van der Waals surface area contributed by atoms with E-state index in [4.69, 9.17) is 4.98 Å². The van der Waals surface area contributed by atoms with Gasteiger partial charge >= 0.3 is 0 Å². The van der Waals surface area contributed by atoms with Crippen molar-refractivity contribution in [3.05, 3.63) is 27.8 Å². The molecule has 1 aliphatic carbocycles. The summed E-state index contributed by atoms with van der Waals surface area (Å²) >= 11 is 1.59. The van der Waals surface area contributed by atoms with Gasteiger partial charge < -0.3 is 5.32 Å². The van der Waals surface area contributed by atoms with Gasteiger partial charge in [0.1, 0.15) is 5.69 Å². The fourth-order valence-electron chi connectivity index (χ4n) is 2.33. The average Bonchev–Trinajstić information content (AvgIpc) is 2.88. The summed E-state index contributed by atoms with van der Waals surface area (Å²) in [6.07, 6.45) is 2.56. The van der Waals surface area contributed by atoms with Crippen LogP contribution in [-0.2, 0) is 13.1 Å². The summed E-state index contributed by atoms with van der Waals surface area (Å²) in [5.74, 6) is 1.47. The van der Waals surface area contributed by atoms with Gasteiger partial charge in [0, 0.05) is 30.0 Å². The third-order valence-electron chi connectivity index (χ3n) is 3.34. The number of nitrogens with one attached hydrogen (secondary N) is 1. The molecular formula is C12H12N4S. The highest BCUT2D eigenvalue weighted by Crippen LogP contribution is 2.42. The minimum absolute atomic E-state index is 0.670. The van der Waals surface area contributed by atoms with E-state index in [-0.39, 0.29) is 0 Å². The monoisotopic (exact) mass is 244 g/mol. The van der Waals surface area contributed by atoms with Crippen molar-refractivity contribution in [2.24, 2.45) is 0 Å². The molecule has 1 N–H and O–H groups in total. The van der Waals surface area contributed by atoms with Gasteiger partial charge in [-0.05, 0) is 12.8 Å². The Balaban J connectivity index is 1.89. The molecule has 86 valence electrons. The van der Waals surface area contributed by atoms with Gasteiger partial charge in [-0.25, -0.2) is 15.0 Å². The van der Waals surface area contributed by atoms with E-state index in [1.54, 1.807) is 11.3 Å². The Hall–Kier alpha value is -1.33. The van der Waals surface area contributed by atoms with Crippen LogP contribution in [0.3, 0.4) is 0 Å². The third-order valence-corrected chi connectivity index (χ3v) is 3.93. The average molecular weight is 244 g/mol. The summed E-state index contributed by atoms with van der Waals surface area (Å²) in [5.41, 5.74) is 6.52. The molecule has 2 aromatic rings. The summed E-state index contributed by atoms with van der Waals surface area (Å²) in [4.78, 5) is 13.7. The lowest BCUT2D eigenvalue weighted by molar-refractivity contribution is 0.755. The zero-order valence-electron chi connectivity index (χ0n) is 9.31. The minimum Gasteiger partial charge on any atom is -0.307 e. The molecular weight excluding hydrogens is 232 g/mol. The number of rotatable bonds is 2. The van der Waals surface area contributed by atoms with Gasteiger partial charge in [0.25, 0.3) is 0 Å². The predicted molar refractivity (Wildman–Crippen MR) is 65.7 cm³/mol. The molecule has 0 aromatic carbocycles. The second kappa shape index (κ2) is 3.58. The first kappa shape index (κ1) is 9.67. The van der Waals surface area contributed by atoms with Gasteiger partial charge in [-0.1, -0.05) is 0 Å². The first-order chi connectivity index (χ1) is 8.42. The summed E-state index contributed by atoms with van der Waals surface area (Å²) < 4.78 is 0. The van der Waals surface area contributed by atoms with Crippen LogP contribution in [0.5, 0.6) is 0 Å². The zero-order chi connectivity index (χ0) is 11.2. The normalized spacial score (nSPS) is 18.4. The Morgan fingerprint density at radius 2 is 2.18 bits per heavy atom. The topological polar surface area (TPSA) is 50.7 Å². The molecule has 0 bridgehead atoms. The Kier molecular flexibility index (Phi) is 2.04. The van der Waals surface area contributed by atoms with E-state index in [2.05, 4.69) is 15.3 Å². The molecule has 4 nitrogen and oxygen atoms in total. The molecule has 17 heavy (non-hydrogen) atoms. The summed E-state index contributed by atoms with van der Waals surface area (Å²) in [7, 11) is 0. The molecule has 0 unspecified atom stereocenters. The van der Waals surface area contributed by atoms with Crippen LogP contribution in [0.2, 0.25) is 0 Å². The van der Waals surface area contributed by atoms with Crippen LogP contribution >= 0.6 is 11.3 Å². The smallest absolute Gasteiger partial charge is 0.179 e. The quantitative estimate of drug-likeness (QED) is 0.878.